The fourth-order valence-electron chi connectivity index (χ4n) is 1.23. The molecule has 0 saturated heterocycles. The van der Waals surface area contributed by atoms with Gasteiger partial charge >= 0.3 is 5.95 Å². The minimum Gasteiger partial charge on any atom is -0.459 e. The monoisotopic (exact) mass is 254 g/mol. The first-order valence-electron chi connectivity index (χ1n) is 6.53. The van der Waals surface area contributed by atoms with Crippen LogP contribution in [0.3, 0.4) is 0 Å². The molecule has 0 N–H and O–H groups in total. The summed E-state index contributed by atoms with van der Waals surface area (Å²) in [5, 5.41) is 0. The van der Waals surface area contributed by atoms with Gasteiger partial charge in [-0.15, -0.1) is 6.58 Å². The van der Waals surface area contributed by atoms with Gasteiger partial charge in [0.25, 0.3) is 0 Å². The van der Waals surface area contributed by atoms with Gasteiger partial charge in [-0.25, -0.2) is 0 Å². The van der Waals surface area contributed by atoms with Crippen molar-refractivity contribution in [2.45, 2.75) is 60.0 Å². The minimum absolute atomic E-state index is 0.0260. The van der Waals surface area contributed by atoms with Crippen LogP contribution in [0, 0.1) is 0 Å². The fourth-order valence-corrected chi connectivity index (χ4v) is 1.23. The molecule has 3 nitrogen and oxygen atoms in total. The SMILES string of the molecule is C=CCC(C)OC(OOC(C)=CCC)=C(C)CC. The zero-order chi connectivity index (χ0) is 14.0. The third kappa shape index (κ3) is 7.05. The van der Waals surface area contributed by atoms with Crippen LogP contribution in [0.5, 0.6) is 0 Å². The lowest BCUT2D eigenvalue weighted by molar-refractivity contribution is -0.267. The molecule has 104 valence electrons. The van der Waals surface area contributed by atoms with Crippen molar-refractivity contribution in [1.82, 2.24) is 0 Å². The second-order valence-electron chi connectivity index (χ2n) is 4.26. The molecule has 3 heteroatoms. The van der Waals surface area contributed by atoms with Crippen LogP contribution in [0.2, 0.25) is 0 Å². The molecule has 1 atom stereocenters. The van der Waals surface area contributed by atoms with Gasteiger partial charge in [0, 0.05) is 12.0 Å². The summed E-state index contributed by atoms with van der Waals surface area (Å²) in [5.41, 5.74) is 1.02. The summed E-state index contributed by atoms with van der Waals surface area (Å²) in [6, 6.07) is 0. The summed E-state index contributed by atoms with van der Waals surface area (Å²) >= 11 is 0. The van der Waals surface area contributed by atoms with Crippen LogP contribution < -0.4 is 0 Å². The van der Waals surface area contributed by atoms with Crippen LogP contribution in [0.4, 0.5) is 0 Å². The fraction of sp³-hybridized carbons (Fsp3) is 0.600. The second kappa shape index (κ2) is 9.63. The highest BCUT2D eigenvalue weighted by atomic mass is 17.2. The zero-order valence-electron chi connectivity index (χ0n) is 12.3. The van der Waals surface area contributed by atoms with Gasteiger partial charge in [0.1, 0.15) is 11.9 Å². The summed E-state index contributed by atoms with van der Waals surface area (Å²) < 4.78 is 5.71. The maximum atomic E-state index is 5.71. The second-order valence-corrected chi connectivity index (χ2v) is 4.26. The molecule has 0 spiro atoms. The Bertz CT molecular complexity index is 303. The molecule has 0 radical (unpaired) electrons. The average Bonchev–Trinajstić information content (AvgIpc) is 2.34. The number of hydrogen-bond donors (Lipinski definition) is 0. The molecule has 0 bridgehead atoms. The molecule has 0 aliphatic rings. The molecule has 0 aliphatic heterocycles. The molecule has 0 heterocycles. The lowest BCUT2D eigenvalue weighted by Crippen LogP contribution is -2.10. The molecule has 0 aromatic carbocycles. The van der Waals surface area contributed by atoms with Crippen molar-refractivity contribution in [2.75, 3.05) is 0 Å². The van der Waals surface area contributed by atoms with E-state index >= 15 is 0 Å². The van der Waals surface area contributed by atoms with Gasteiger partial charge in [-0.05, 0) is 39.7 Å². The molecule has 0 rings (SSSR count). The normalized spacial score (nSPS) is 14.6. The first-order valence-corrected chi connectivity index (χ1v) is 6.53. The van der Waals surface area contributed by atoms with E-state index in [4.69, 9.17) is 14.5 Å². The van der Waals surface area contributed by atoms with Crippen molar-refractivity contribution in [3.05, 3.63) is 36.0 Å². The summed E-state index contributed by atoms with van der Waals surface area (Å²) in [4.78, 5) is 10.5. The molecule has 0 fully saturated rings. The van der Waals surface area contributed by atoms with E-state index in [2.05, 4.69) is 13.5 Å². The summed E-state index contributed by atoms with van der Waals surface area (Å²) in [6.45, 7) is 13.6. The molecular formula is C15H26O3. The lowest BCUT2D eigenvalue weighted by atomic mass is 10.2. The Hall–Kier alpha value is -1.38. The Kier molecular flexibility index (Phi) is 8.89. The molecule has 0 aliphatic carbocycles. The third-order valence-electron chi connectivity index (χ3n) is 2.43. The molecule has 0 saturated carbocycles. The zero-order valence-corrected chi connectivity index (χ0v) is 12.3. The first kappa shape index (κ1) is 16.6. The van der Waals surface area contributed by atoms with Gasteiger partial charge in [0.2, 0.25) is 0 Å². The Morgan fingerprint density at radius 3 is 2.39 bits per heavy atom. The standard InChI is InChI=1S/C15H26O3/c1-7-10-13(5)16-15(12(4)9-3)18-17-14(6)11-8-2/h7,11,13H,1,8-10H2,2-6H3. The largest absolute Gasteiger partial charge is 0.459 e. The molecule has 0 aromatic heterocycles. The van der Waals surface area contributed by atoms with E-state index in [9.17, 15) is 0 Å². The van der Waals surface area contributed by atoms with E-state index in [1.807, 2.05) is 39.8 Å². The molecule has 1 unspecified atom stereocenters. The summed E-state index contributed by atoms with van der Waals surface area (Å²) in [6.07, 6.45) is 6.34. The topological polar surface area (TPSA) is 27.7 Å². The first-order chi connectivity index (χ1) is 8.54. The maximum Gasteiger partial charge on any atom is 0.329 e. The molecule has 0 aromatic rings. The predicted octanol–water partition coefficient (Wildman–Crippen LogP) is 4.87. The van der Waals surface area contributed by atoms with Crippen molar-refractivity contribution in [3.63, 3.8) is 0 Å². The highest BCUT2D eigenvalue weighted by Crippen LogP contribution is 2.17. The van der Waals surface area contributed by atoms with Crippen LogP contribution in [-0.4, -0.2) is 6.10 Å². The summed E-state index contributed by atoms with van der Waals surface area (Å²) in [7, 11) is 0. The van der Waals surface area contributed by atoms with Gasteiger partial charge < -0.3 is 4.74 Å². The highest BCUT2D eigenvalue weighted by Gasteiger charge is 2.11. The Labute approximate surface area is 111 Å². The van der Waals surface area contributed by atoms with Crippen LogP contribution >= 0.6 is 0 Å². The predicted molar refractivity (Wildman–Crippen MR) is 74.6 cm³/mol. The van der Waals surface area contributed by atoms with E-state index in [1.165, 1.54) is 0 Å². The van der Waals surface area contributed by atoms with Crippen molar-refractivity contribution >= 4 is 0 Å². The van der Waals surface area contributed by atoms with Gasteiger partial charge in [-0.3, -0.25) is 9.78 Å². The summed E-state index contributed by atoms with van der Waals surface area (Å²) in [5.74, 6) is 1.19. The minimum atomic E-state index is 0.0260. The lowest BCUT2D eigenvalue weighted by Gasteiger charge is -2.17. The van der Waals surface area contributed by atoms with Crippen molar-refractivity contribution in [3.8, 4) is 0 Å². The third-order valence-corrected chi connectivity index (χ3v) is 2.43. The Balaban J connectivity index is 4.52. The smallest absolute Gasteiger partial charge is 0.329 e. The van der Waals surface area contributed by atoms with E-state index in [0.29, 0.717) is 5.95 Å². The average molecular weight is 254 g/mol. The number of hydrogen-bond acceptors (Lipinski definition) is 3. The van der Waals surface area contributed by atoms with Crippen LogP contribution in [0.1, 0.15) is 53.9 Å². The van der Waals surface area contributed by atoms with Crippen LogP contribution in [0.15, 0.2) is 36.0 Å². The number of ether oxygens (including phenoxy) is 1. The van der Waals surface area contributed by atoms with Crippen LogP contribution in [0.25, 0.3) is 0 Å². The van der Waals surface area contributed by atoms with Gasteiger partial charge in [0.05, 0.1) is 0 Å². The maximum absolute atomic E-state index is 5.71. The van der Waals surface area contributed by atoms with E-state index in [0.717, 1.165) is 30.6 Å². The Morgan fingerprint density at radius 2 is 1.89 bits per heavy atom. The van der Waals surface area contributed by atoms with Gasteiger partial charge in [-0.2, -0.15) is 0 Å². The van der Waals surface area contributed by atoms with Crippen molar-refractivity contribution in [2.24, 2.45) is 0 Å². The Morgan fingerprint density at radius 1 is 1.22 bits per heavy atom. The van der Waals surface area contributed by atoms with E-state index in [1.54, 1.807) is 0 Å². The van der Waals surface area contributed by atoms with Crippen LogP contribution in [-0.2, 0) is 14.5 Å². The van der Waals surface area contributed by atoms with Gasteiger partial charge in [-0.1, -0.05) is 19.9 Å². The molecular weight excluding hydrogens is 228 g/mol. The van der Waals surface area contributed by atoms with Crippen molar-refractivity contribution < 1.29 is 14.5 Å². The molecule has 18 heavy (non-hydrogen) atoms. The molecule has 0 amide bonds. The number of rotatable bonds is 9. The highest BCUT2D eigenvalue weighted by molar-refractivity contribution is 4.99. The van der Waals surface area contributed by atoms with Gasteiger partial charge in [0.15, 0.2) is 0 Å². The van der Waals surface area contributed by atoms with Crippen molar-refractivity contribution in [1.29, 1.82) is 0 Å². The van der Waals surface area contributed by atoms with E-state index < -0.39 is 0 Å². The van der Waals surface area contributed by atoms with E-state index in [-0.39, 0.29) is 6.10 Å². The number of allylic oxidation sites excluding steroid dienone is 3. The quantitative estimate of drug-likeness (QED) is 0.254.